The van der Waals surface area contributed by atoms with Crippen LogP contribution in [0, 0.1) is 11.3 Å². The Labute approximate surface area is 117 Å². The molecule has 1 heterocycles. The molecule has 2 nitrogen and oxygen atoms in total. The second-order valence-electron chi connectivity index (χ2n) is 7.12. The number of nitrogens with one attached hydrogen (secondary N) is 1. The van der Waals surface area contributed by atoms with E-state index in [-0.39, 0.29) is 0 Å². The molecule has 1 saturated carbocycles. The minimum absolute atomic E-state index is 0.325. The summed E-state index contributed by atoms with van der Waals surface area (Å²) in [5.41, 5.74) is 3.33. The molecule has 0 aromatic carbocycles. The molecule has 0 amide bonds. The average molecular weight is 271 g/mol. The Balaban J connectivity index is 2.03. The Morgan fingerprint density at radius 2 is 2.06 bits per heavy atom. The van der Waals surface area contributed by atoms with E-state index in [2.05, 4.69) is 37.9 Å². The molecule has 0 aromatic rings. The van der Waals surface area contributed by atoms with Gasteiger partial charge in [-0.15, -0.1) is 0 Å². The van der Waals surface area contributed by atoms with E-state index in [1.807, 2.05) is 0 Å². The molecule has 2 unspecified atom stereocenters. The average Bonchev–Trinajstić information content (AvgIpc) is 3.11. The van der Waals surface area contributed by atoms with Crippen LogP contribution in [0.25, 0.3) is 0 Å². The van der Waals surface area contributed by atoms with Crippen LogP contribution in [0.2, 0.25) is 0 Å². The fourth-order valence-electron chi connectivity index (χ4n) is 2.89. The SMILES string of the molecule is CC(=CCl)CN1CC(C(C)(C)C)NCC1C1CC1. The monoisotopic (exact) mass is 270 g/mol. The quantitative estimate of drug-likeness (QED) is 0.847. The van der Waals surface area contributed by atoms with E-state index in [4.69, 9.17) is 11.6 Å². The summed E-state index contributed by atoms with van der Waals surface area (Å²) >= 11 is 5.84. The summed E-state index contributed by atoms with van der Waals surface area (Å²) < 4.78 is 0. The molecule has 0 bridgehead atoms. The third-order valence-electron chi connectivity index (χ3n) is 4.31. The zero-order chi connectivity index (χ0) is 13.3. The molecule has 0 radical (unpaired) electrons. The maximum atomic E-state index is 5.84. The van der Waals surface area contributed by atoms with Gasteiger partial charge in [0.25, 0.3) is 0 Å². The molecule has 1 aliphatic heterocycles. The van der Waals surface area contributed by atoms with Crippen molar-refractivity contribution in [2.24, 2.45) is 11.3 Å². The van der Waals surface area contributed by atoms with E-state index in [0.717, 1.165) is 31.6 Å². The Hall–Kier alpha value is -0.0500. The van der Waals surface area contributed by atoms with E-state index in [1.165, 1.54) is 18.4 Å². The zero-order valence-electron chi connectivity index (χ0n) is 12.2. The normalized spacial score (nSPS) is 31.7. The van der Waals surface area contributed by atoms with Crippen molar-refractivity contribution in [3.8, 4) is 0 Å². The molecule has 2 atom stereocenters. The molecule has 0 spiro atoms. The molecule has 2 fully saturated rings. The molecular formula is C15H27ClN2. The van der Waals surface area contributed by atoms with Gasteiger partial charge in [0, 0.05) is 37.3 Å². The lowest BCUT2D eigenvalue weighted by atomic mass is 9.84. The molecule has 2 aliphatic rings. The highest BCUT2D eigenvalue weighted by atomic mass is 35.5. The number of hydrogen-bond acceptors (Lipinski definition) is 2. The number of halogens is 1. The highest BCUT2D eigenvalue weighted by molar-refractivity contribution is 6.25. The number of piperazine rings is 1. The number of hydrogen-bond donors (Lipinski definition) is 1. The van der Waals surface area contributed by atoms with E-state index in [0.29, 0.717) is 11.5 Å². The molecule has 1 saturated heterocycles. The fraction of sp³-hybridized carbons (Fsp3) is 0.867. The standard InChI is InChI=1S/C15H27ClN2/c1-11(7-16)9-18-10-14(15(2,3)4)17-8-13(18)12-5-6-12/h7,12-14,17H,5-6,8-10H2,1-4H3. The van der Waals surface area contributed by atoms with Crippen LogP contribution >= 0.6 is 11.6 Å². The Morgan fingerprint density at radius 3 is 2.56 bits per heavy atom. The van der Waals surface area contributed by atoms with Gasteiger partial charge in [0.15, 0.2) is 0 Å². The van der Waals surface area contributed by atoms with E-state index >= 15 is 0 Å². The van der Waals surface area contributed by atoms with Crippen LogP contribution < -0.4 is 5.32 Å². The summed E-state index contributed by atoms with van der Waals surface area (Å²) in [5.74, 6) is 0.918. The van der Waals surface area contributed by atoms with Gasteiger partial charge in [-0.1, -0.05) is 32.4 Å². The second-order valence-corrected chi connectivity index (χ2v) is 7.33. The first-order valence-corrected chi connectivity index (χ1v) is 7.58. The van der Waals surface area contributed by atoms with Crippen molar-refractivity contribution >= 4 is 11.6 Å². The Morgan fingerprint density at radius 1 is 1.39 bits per heavy atom. The highest BCUT2D eigenvalue weighted by Crippen LogP contribution is 2.37. The molecule has 3 heteroatoms. The lowest BCUT2D eigenvalue weighted by Crippen LogP contribution is -2.61. The van der Waals surface area contributed by atoms with Gasteiger partial charge in [-0.25, -0.2) is 0 Å². The van der Waals surface area contributed by atoms with Gasteiger partial charge in [-0.3, -0.25) is 4.90 Å². The maximum absolute atomic E-state index is 5.84. The van der Waals surface area contributed by atoms with Crippen molar-refractivity contribution < 1.29 is 0 Å². The predicted molar refractivity (Wildman–Crippen MR) is 78.9 cm³/mol. The van der Waals surface area contributed by atoms with E-state index < -0.39 is 0 Å². The molecule has 0 aromatic heterocycles. The van der Waals surface area contributed by atoms with E-state index in [9.17, 15) is 0 Å². The lowest BCUT2D eigenvalue weighted by Gasteiger charge is -2.45. The predicted octanol–water partition coefficient (Wildman–Crippen LogP) is 3.23. The highest BCUT2D eigenvalue weighted by Gasteiger charge is 2.40. The minimum atomic E-state index is 0.325. The van der Waals surface area contributed by atoms with Crippen molar-refractivity contribution in [1.82, 2.24) is 10.2 Å². The smallest absolute Gasteiger partial charge is 0.0253 e. The van der Waals surface area contributed by atoms with Crippen LogP contribution in [0.15, 0.2) is 11.1 Å². The summed E-state index contributed by atoms with van der Waals surface area (Å²) in [6, 6.07) is 1.30. The van der Waals surface area contributed by atoms with Crippen molar-refractivity contribution in [3.63, 3.8) is 0 Å². The topological polar surface area (TPSA) is 15.3 Å². The number of nitrogens with zero attached hydrogens (tertiary/aromatic N) is 1. The summed E-state index contributed by atoms with van der Waals surface area (Å²) in [6.45, 7) is 12.4. The van der Waals surface area contributed by atoms with Crippen molar-refractivity contribution in [3.05, 3.63) is 11.1 Å². The number of rotatable bonds is 3. The Bertz CT molecular complexity index is 315. The van der Waals surface area contributed by atoms with Gasteiger partial charge < -0.3 is 5.32 Å². The van der Waals surface area contributed by atoms with Crippen LogP contribution in [0.5, 0.6) is 0 Å². The molecule has 1 aliphatic carbocycles. The van der Waals surface area contributed by atoms with E-state index in [1.54, 1.807) is 5.54 Å². The van der Waals surface area contributed by atoms with Gasteiger partial charge in [-0.2, -0.15) is 0 Å². The Kier molecular flexibility index (Phi) is 4.40. The summed E-state index contributed by atoms with van der Waals surface area (Å²) in [7, 11) is 0. The second kappa shape index (κ2) is 5.52. The molecular weight excluding hydrogens is 244 g/mol. The van der Waals surface area contributed by atoms with Crippen LogP contribution in [-0.4, -0.2) is 36.6 Å². The fourth-order valence-corrected chi connectivity index (χ4v) is 2.96. The van der Waals surface area contributed by atoms with Crippen molar-refractivity contribution in [2.75, 3.05) is 19.6 Å². The van der Waals surface area contributed by atoms with Crippen LogP contribution in [0.4, 0.5) is 0 Å². The molecule has 18 heavy (non-hydrogen) atoms. The molecule has 2 rings (SSSR count). The first kappa shape index (κ1) is 14.4. The first-order chi connectivity index (χ1) is 8.41. The van der Waals surface area contributed by atoms with Crippen molar-refractivity contribution in [1.29, 1.82) is 0 Å². The van der Waals surface area contributed by atoms with Crippen LogP contribution in [0.1, 0.15) is 40.5 Å². The largest absolute Gasteiger partial charge is 0.311 e. The summed E-state index contributed by atoms with van der Waals surface area (Å²) in [6.07, 6.45) is 2.82. The van der Waals surface area contributed by atoms with Gasteiger partial charge in [0.05, 0.1) is 0 Å². The van der Waals surface area contributed by atoms with Gasteiger partial charge in [-0.05, 0) is 36.7 Å². The molecule has 104 valence electrons. The van der Waals surface area contributed by atoms with Gasteiger partial charge in [0.2, 0.25) is 0 Å². The maximum Gasteiger partial charge on any atom is 0.0253 e. The van der Waals surface area contributed by atoms with Gasteiger partial charge >= 0.3 is 0 Å². The third-order valence-corrected chi connectivity index (χ3v) is 4.68. The summed E-state index contributed by atoms with van der Waals surface area (Å²) in [5, 5.41) is 3.76. The van der Waals surface area contributed by atoms with Crippen molar-refractivity contribution in [2.45, 2.75) is 52.6 Å². The third kappa shape index (κ3) is 3.49. The zero-order valence-corrected chi connectivity index (χ0v) is 12.9. The minimum Gasteiger partial charge on any atom is -0.311 e. The first-order valence-electron chi connectivity index (χ1n) is 7.15. The van der Waals surface area contributed by atoms with Crippen LogP contribution in [-0.2, 0) is 0 Å². The van der Waals surface area contributed by atoms with Crippen LogP contribution in [0.3, 0.4) is 0 Å². The lowest BCUT2D eigenvalue weighted by molar-refractivity contribution is 0.0830. The molecule has 1 N–H and O–H groups in total. The van der Waals surface area contributed by atoms with Gasteiger partial charge in [0.1, 0.15) is 0 Å². The summed E-state index contributed by atoms with van der Waals surface area (Å²) in [4.78, 5) is 2.65.